The molecule has 0 atom stereocenters. The van der Waals surface area contributed by atoms with E-state index in [0.717, 1.165) is 0 Å². The summed E-state index contributed by atoms with van der Waals surface area (Å²) in [6.07, 6.45) is 0. The van der Waals surface area contributed by atoms with Crippen molar-refractivity contribution in [3.63, 3.8) is 0 Å². The maximum atomic E-state index is 4.46. The van der Waals surface area contributed by atoms with Crippen LogP contribution in [0.1, 0.15) is 0 Å². The first-order chi connectivity index (χ1) is 2.00. The van der Waals surface area contributed by atoms with Crippen LogP contribution in [0.5, 0.6) is 0 Å². The van der Waals surface area contributed by atoms with Crippen LogP contribution in [0.25, 0.3) is 0 Å². The van der Waals surface area contributed by atoms with Crippen LogP contribution in [0.3, 0.4) is 0 Å². The fraction of sp³-hybridized carbons (Fsp3) is 0. The van der Waals surface area contributed by atoms with Gasteiger partial charge in [-0.2, -0.15) is 0 Å². The van der Waals surface area contributed by atoms with E-state index in [1.165, 1.54) is 0 Å². The monoisotopic (exact) mass is 304 g/mol. The van der Waals surface area contributed by atoms with E-state index in [0.29, 0.717) is 0 Å². The standard InChI is InChI=1S/2K.Mo.4S/q2*+1;;;;2*-1. The van der Waals surface area contributed by atoms with Gasteiger partial charge in [0.1, 0.15) is 0 Å². The van der Waals surface area contributed by atoms with E-state index in [1.807, 2.05) is 0 Å². The normalized spacial score (nSPS) is 8.29. The molecule has 0 radical (unpaired) electrons. The molecule has 0 aromatic heterocycles. The van der Waals surface area contributed by atoms with E-state index in [4.69, 9.17) is 0 Å². The van der Waals surface area contributed by atoms with E-state index in [-0.39, 0.29) is 103 Å². The second-order valence-corrected chi connectivity index (χ2v) is 21.7. The molecule has 0 N–H and O–H groups in total. The van der Waals surface area contributed by atoms with Gasteiger partial charge in [-0.15, -0.1) is 0 Å². The third kappa shape index (κ3) is 35.3. The van der Waals surface area contributed by atoms with Gasteiger partial charge in [-0.05, 0) is 0 Å². The van der Waals surface area contributed by atoms with Crippen molar-refractivity contribution < 1.29 is 113 Å². The molecule has 0 rings (SSSR count). The predicted octanol–water partition coefficient (Wildman–Crippen LogP) is -4.70. The summed E-state index contributed by atoms with van der Waals surface area (Å²) < 4.78 is 0. The number of hydrogen-bond donors (Lipinski definition) is 0. The molecular weight excluding hydrogens is 302 g/mol. The quantitative estimate of drug-likeness (QED) is 0.326. The molecular formula is K2MoS4. The summed E-state index contributed by atoms with van der Waals surface area (Å²) in [5, 5.41) is 0. The molecule has 0 bridgehead atoms. The van der Waals surface area contributed by atoms with Crippen LogP contribution in [0.4, 0.5) is 0 Å². The van der Waals surface area contributed by atoms with Gasteiger partial charge in [-0.25, -0.2) is 0 Å². The molecule has 7 heteroatoms. The van der Waals surface area contributed by atoms with Gasteiger partial charge in [-0.1, -0.05) is 0 Å². The van der Waals surface area contributed by atoms with Crippen LogP contribution in [-0.2, 0) is 30.5 Å². The van der Waals surface area contributed by atoms with Crippen molar-refractivity contribution in [3.05, 3.63) is 0 Å². The Labute approximate surface area is 147 Å². The van der Waals surface area contributed by atoms with Gasteiger partial charge in [0.2, 0.25) is 0 Å². The Morgan fingerprint density at radius 3 is 1.00 bits per heavy atom. The van der Waals surface area contributed by atoms with Crippen molar-refractivity contribution in [1.29, 1.82) is 0 Å². The summed E-state index contributed by atoms with van der Waals surface area (Å²) in [6, 6.07) is 0. The SMILES string of the molecule is [K+].[K+].[S]=[Mo](=[S])([S-])[S-]. The second kappa shape index (κ2) is 9.19. The summed E-state index contributed by atoms with van der Waals surface area (Å²) in [4.78, 5) is 0. The molecule has 0 unspecified atom stereocenters. The third-order valence-electron chi connectivity index (χ3n) is 0. The molecule has 0 spiro atoms. The van der Waals surface area contributed by atoms with Crippen LogP contribution >= 0.6 is 19.6 Å². The minimum absolute atomic E-state index is 0. The first-order valence-electron chi connectivity index (χ1n) is 0.667. The van der Waals surface area contributed by atoms with E-state index in [2.05, 4.69) is 40.3 Å². The van der Waals surface area contributed by atoms with Crippen molar-refractivity contribution in [3.8, 4) is 0 Å². The van der Waals surface area contributed by atoms with Crippen LogP contribution in [-0.4, -0.2) is 0 Å². The van der Waals surface area contributed by atoms with Gasteiger partial charge in [-0.3, -0.25) is 0 Å². The molecule has 0 aliphatic rings. The van der Waals surface area contributed by atoms with Crippen LogP contribution in [0.15, 0.2) is 0 Å². The molecule has 32 valence electrons. The Bertz CT molecular complexity index is 92.9. The van der Waals surface area contributed by atoms with Crippen LogP contribution in [0, 0.1) is 0 Å². The molecule has 0 aromatic rings. The molecule has 0 aliphatic heterocycles. The van der Waals surface area contributed by atoms with Gasteiger partial charge in [0.25, 0.3) is 0 Å². The zero-order valence-electron chi connectivity index (χ0n) is 4.04. The van der Waals surface area contributed by atoms with Crippen LogP contribution in [0.2, 0.25) is 0 Å². The summed E-state index contributed by atoms with van der Waals surface area (Å²) in [5.74, 6) is 0. The Balaban J connectivity index is -0.0000000800. The summed E-state index contributed by atoms with van der Waals surface area (Å²) >= 11 is 0. The fourth-order valence-electron chi connectivity index (χ4n) is 0. The van der Waals surface area contributed by atoms with Gasteiger partial charge in [0.05, 0.1) is 0 Å². The predicted molar refractivity (Wildman–Crippen MR) is 29.9 cm³/mol. The Hall–Kier alpha value is 5.10. The van der Waals surface area contributed by atoms with E-state index >= 15 is 0 Å². The van der Waals surface area contributed by atoms with Crippen molar-refractivity contribution in [2.24, 2.45) is 0 Å². The Morgan fingerprint density at radius 2 is 1.00 bits per heavy atom. The molecule has 0 saturated heterocycles. The molecule has 7 heavy (non-hydrogen) atoms. The molecule has 0 nitrogen and oxygen atoms in total. The first kappa shape index (κ1) is 18.0. The third-order valence-corrected chi connectivity index (χ3v) is 0. The van der Waals surface area contributed by atoms with Gasteiger partial charge < -0.3 is 0 Å². The average Bonchev–Trinajstić information content (AvgIpc) is 0.722. The summed E-state index contributed by atoms with van der Waals surface area (Å²) in [7, 11) is 15.2. The summed E-state index contributed by atoms with van der Waals surface area (Å²) in [5.41, 5.74) is 0. The van der Waals surface area contributed by atoms with Crippen LogP contribution < -0.4 is 103 Å². The van der Waals surface area contributed by atoms with Crippen molar-refractivity contribution in [2.75, 3.05) is 0 Å². The van der Waals surface area contributed by atoms with E-state index in [9.17, 15) is 0 Å². The molecule has 0 saturated carbocycles. The average molecular weight is 302 g/mol. The molecule has 0 aliphatic carbocycles. The van der Waals surface area contributed by atoms with E-state index in [1.54, 1.807) is 0 Å². The van der Waals surface area contributed by atoms with E-state index < -0.39 is 9.86 Å². The molecule has 0 fully saturated rings. The van der Waals surface area contributed by atoms with Crippen molar-refractivity contribution >= 4 is 40.3 Å². The fourth-order valence-corrected chi connectivity index (χ4v) is 0. The summed E-state index contributed by atoms with van der Waals surface area (Å²) in [6.45, 7) is 0. The number of hydrogen-bond acceptors (Lipinski definition) is 4. The topological polar surface area (TPSA) is 0 Å². The number of rotatable bonds is 0. The maximum absolute atomic E-state index is 4.46. The molecule has 0 amide bonds. The zero-order chi connectivity index (χ0) is 4.50. The molecule has 0 heterocycles. The van der Waals surface area contributed by atoms with Gasteiger partial charge in [0, 0.05) is 0 Å². The van der Waals surface area contributed by atoms with Gasteiger partial charge in [0.15, 0.2) is 0 Å². The first-order valence-corrected chi connectivity index (χ1v) is 11.8. The Kier molecular flexibility index (Phi) is 23.6. The Morgan fingerprint density at radius 1 is 1.00 bits per heavy atom. The zero-order valence-corrected chi connectivity index (χ0v) is 15.6. The van der Waals surface area contributed by atoms with Gasteiger partial charge >= 0.3 is 153 Å². The van der Waals surface area contributed by atoms with Crippen molar-refractivity contribution in [2.45, 2.75) is 0 Å². The minimum atomic E-state index is -2.69. The second-order valence-electron chi connectivity index (χ2n) is 0.408. The molecule has 0 aromatic carbocycles. The van der Waals surface area contributed by atoms with Crippen molar-refractivity contribution in [1.82, 2.24) is 0 Å².